The van der Waals surface area contributed by atoms with E-state index in [2.05, 4.69) is 48.1 Å². The lowest BCUT2D eigenvalue weighted by Gasteiger charge is -2.20. The van der Waals surface area contributed by atoms with Gasteiger partial charge in [-0.05, 0) is 63.2 Å². The molecule has 0 heterocycles. The first kappa shape index (κ1) is 25.6. The molecule has 0 aromatic heterocycles. The van der Waals surface area contributed by atoms with Crippen molar-refractivity contribution >= 4 is 5.97 Å². The molecule has 0 bridgehead atoms. The summed E-state index contributed by atoms with van der Waals surface area (Å²) in [6.07, 6.45) is 26.5. The van der Waals surface area contributed by atoms with E-state index in [1.54, 1.807) is 0 Å². The van der Waals surface area contributed by atoms with Gasteiger partial charge < -0.3 is 14.9 Å². The molecular weight excluding hydrogens is 364 g/mol. The molecule has 1 fully saturated rings. The van der Waals surface area contributed by atoms with Gasteiger partial charge in [0.05, 0.1) is 0 Å². The van der Waals surface area contributed by atoms with Gasteiger partial charge in [0.1, 0.15) is 6.61 Å². The third-order valence-electron chi connectivity index (χ3n) is 5.55. The minimum atomic E-state index is -1.92. The Morgan fingerprint density at radius 1 is 1.00 bits per heavy atom. The highest BCUT2D eigenvalue weighted by Crippen LogP contribution is 2.35. The Morgan fingerprint density at radius 3 is 2.45 bits per heavy atom. The molecule has 2 atom stereocenters. The number of esters is 1. The molecule has 1 aliphatic carbocycles. The largest absolute Gasteiger partial charge is 0.460 e. The second-order valence-corrected chi connectivity index (χ2v) is 8.34. The quantitative estimate of drug-likeness (QED) is 0.155. The number of ether oxygens (including phenoxy) is 1. The number of carbonyl (C=O) groups excluding carboxylic acids is 1. The van der Waals surface area contributed by atoms with Crippen LogP contribution in [0.4, 0.5) is 0 Å². The maximum Gasteiger partial charge on any atom is 0.302 e. The zero-order valence-corrected chi connectivity index (χ0v) is 18.5. The molecule has 0 amide bonds. The van der Waals surface area contributed by atoms with Crippen LogP contribution in [-0.2, 0) is 9.53 Å². The molecule has 0 aromatic rings. The monoisotopic (exact) mass is 406 g/mol. The Morgan fingerprint density at radius 2 is 1.69 bits per heavy atom. The highest BCUT2D eigenvalue weighted by molar-refractivity contribution is 5.65. The molecular formula is C25H42O4. The van der Waals surface area contributed by atoms with Crippen molar-refractivity contribution in [2.45, 2.75) is 96.7 Å². The SMILES string of the molecule is CCCC/C=C/CC/C=C/[C@H]1CCC[C@@H]1C/C=C\CCCC(O)(O)COC(C)=O. The summed E-state index contributed by atoms with van der Waals surface area (Å²) in [6.45, 7) is 3.12. The fourth-order valence-electron chi connectivity index (χ4n) is 3.81. The van der Waals surface area contributed by atoms with E-state index in [-0.39, 0.29) is 13.0 Å². The lowest BCUT2D eigenvalue weighted by atomic mass is 9.92. The van der Waals surface area contributed by atoms with Crippen molar-refractivity contribution < 1.29 is 19.7 Å². The number of allylic oxidation sites excluding steroid dienone is 6. The van der Waals surface area contributed by atoms with Crippen LogP contribution in [0.1, 0.15) is 90.9 Å². The molecule has 0 radical (unpaired) electrons. The van der Waals surface area contributed by atoms with Gasteiger partial charge in [0.2, 0.25) is 0 Å². The van der Waals surface area contributed by atoms with Gasteiger partial charge in [0, 0.05) is 13.3 Å². The fraction of sp³-hybridized carbons (Fsp3) is 0.720. The average Bonchev–Trinajstić information content (AvgIpc) is 3.12. The number of rotatable bonds is 15. The van der Waals surface area contributed by atoms with Gasteiger partial charge in [-0.3, -0.25) is 4.79 Å². The van der Waals surface area contributed by atoms with E-state index in [1.807, 2.05) is 0 Å². The maximum atomic E-state index is 10.7. The molecule has 29 heavy (non-hydrogen) atoms. The number of aliphatic hydroxyl groups is 2. The summed E-state index contributed by atoms with van der Waals surface area (Å²) in [7, 11) is 0. The van der Waals surface area contributed by atoms with Crippen molar-refractivity contribution in [2.75, 3.05) is 6.61 Å². The van der Waals surface area contributed by atoms with Crippen LogP contribution < -0.4 is 0 Å². The van der Waals surface area contributed by atoms with E-state index in [1.165, 1.54) is 45.4 Å². The third kappa shape index (κ3) is 13.5. The summed E-state index contributed by atoms with van der Waals surface area (Å²) in [5, 5.41) is 19.5. The van der Waals surface area contributed by atoms with E-state index in [0.29, 0.717) is 12.3 Å². The highest BCUT2D eigenvalue weighted by Gasteiger charge is 2.24. The van der Waals surface area contributed by atoms with Crippen molar-refractivity contribution in [2.24, 2.45) is 11.8 Å². The predicted octanol–water partition coefficient (Wildman–Crippen LogP) is 5.85. The van der Waals surface area contributed by atoms with Crippen molar-refractivity contribution in [1.82, 2.24) is 0 Å². The topological polar surface area (TPSA) is 66.8 Å². The van der Waals surface area contributed by atoms with Crippen LogP contribution in [0, 0.1) is 11.8 Å². The molecule has 4 nitrogen and oxygen atoms in total. The molecule has 166 valence electrons. The van der Waals surface area contributed by atoms with Crippen LogP contribution in [0.3, 0.4) is 0 Å². The smallest absolute Gasteiger partial charge is 0.302 e. The minimum absolute atomic E-state index is 0.201. The van der Waals surface area contributed by atoms with Gasteiger partial charge in [0.25, 0.3) is 0 Å². The fourth-order valence-corrected chi connectivity index (χ4v) is 3.81. The second-order valence-electron chi connectivity index (χ2n) is 8.34. The lowest BCUT2D eigenvalue weighted by Crippen LogP contribution is -2.34. The zero-order valence-electron chi connectivity index (χ0n) is 18.5. The van der Waals surface area contributed by atoms with E-state index in [9.17, 15) is 15.0 Å². The molecule has 0 aliphatic heterocycles. The molecule has 1 aliphatic rings. The van der Waals surface area contributed by atoms with Gasteiger partial charge in [-0.15, -0.1) is 0 Å². The van der Waals surface area contributed by atoms with Crippen LogP contribution in [0.25, 0.3) is 0 Å². The van der Waals surface area contributed by atoms with Gasteiger partial charge >= 0.3 is 5.97 Å². The summed E-state index contributed by atoms with van der Waals surface area (Å²) in [4.78, 5) is 10.7. The molecule has 0 saturated heterocycles. The minimum Gasteiger partial charge on any atom is -0.460 e. The number of carbonyl (C=O) groups is 1. The second kappa shape index (κ2) is 15.4. The summed E-state index contributed by atoms with van der Waals surface area (Å²) in [5.74, 6) is -0.983. The Kier molecular flexibility index (Phi) is 13.7. The van der Waals surface area contributed by atoms with Crippen LogP contribution in [0.5, 0.6) is 0 Å². The molecule has 0 unspecified atom stereocenters. The van der Waals surface area contributed by atoms with E-state index in [0.717, 1.165) is 31.6 Å². The third-order valence-corrected chi connectivity index (χ3v) is 5.55. The summed E-state index contributed by atoms with van der Waals surface area (Å²) in [5.41, 5.74) is 0. The first-order valence-corrected chi connectivity index (χ1v) is 11.5. The van der Waals surface area contributed by atoms with Gasteiger partial charge in [-0.2, -0.15) is 0 Å². The summed E-state index contributed by atoms with van der Waals surface area (Å²) >= 11 is 0. The van der Waals surface area contributed by atoms with Crippen molar-refractivity contribution in [3.63, 3.8) is 0 Å². The predicted molar refractivity (Wildman–Crippen MR) is 119 cm³/mol. The van der Waals surface area contributed by atoms with Crippen molar-refractivity contribution in [1.29, 1.82) is 0 Å². The van der Waals surface area contributed by atoms with Gasteiger partial charge in [-0.1, -0.05) is 62.6 Å². The van der Waals surface area contributed by atoms with Crippen LogP contribution in [0.2, 0.25) is 0 Å². The normalized spacial score (nSPS) is 20.4. The summed E-state index contributed by atoms with van der Waals surface area (Å²) < 4.78 is 4.67. The molecule has 0 aromatic carbocycles. The Labute approximate surface area is 177 Å². The van der Waals surface area contributed by atoms with Gasteiger partial charge in [-0.25, -0.2) is 0 Å². The molecule has 1 rings (SSSR count). The van der Waals surface area contributed by atoms with Gasteiger partial charge in [0.15, 0.2) is 5.79 Å². The highest BCUT2D eigenvalue weighted by atomic mass is 16.6. The number of unbranched alkanes of at least 4 members (excludes halogenated alkanes) is 4. The average molecular weight is 407 g/mol. The van der Waals surface area contributed by atoms with E-state index < -0.39 is 11.8 Å². The van der Waals surface area contributed by atoms with E-state index in [4.69, 9.17) is 0 Å². The molecule has 2 N–H and O–H groups in total. The lowest BCUT2D eigenvalue weighted by molar-refractivity contribution is -0.204. The van der Waals surface area contributed by atoms with Crippen molar-refractivity contribution in [3.05, 3.63) is 36.5 Å². The molecule has 4 heteroatoms. The molecule has 1 saturated carbocycles. The summed E-state index contributed by atoms with van der Waals surface area (Å²) in [6, 6.07) is 0. The Hall–Kier alpha value is -1.39. The number of hydrogen-bond donors (Lipinski definition) is 2. The maximum absolute atomic E-state index is 10.7. The van der Waals surface area contributed by atoms with E-state index >= 15 is 0 Å². The first-order valence-electron chi connectivity index (χ1n) is 11.5. The van der Waals surface area contributed by atoms with Crippen LogP contribution in [-0.4, -0.2) is 28.6 Å². The van der Waals surface area contributed by atoms with Crippen LogP contribution in [0.15, 0.2) is 36.5 Å². The van der Waals surface area contributed by atoms with Crippen LogP contribution >= 0.6 is 0 Å². The molecule has 0 spiro atoms. The zero-order chi connectivity index (χ0) is 21.4. The number of hydrogen-bond acceptors (Lipinski definition) is 4. The Bertz CT molecular complexity index is 519. The standard InChI is InChI=1S/C25H42O4/c1-3-4-5-6-7-8-9-12-16-23-18-15-19-24(23)17-13-10-11-14-20-25(27,28)21-29-22(2)26/h6-7,10,12-13,16,23-24,27-28H,3-5,8-9,11,14-15,17-21H2,1-2H3/b7-6+,13-10-,16-12+/t23-,24-/m0/s1. The van der Waals surface area contributed by atoms with Crippen molar-refractivity contribution in [3.8, 4) is 0 Å². The Balaban J connectivity index is 2.18. The first-order chi connectivity index (χ1) is 13.9.